The number of fused-ring (bicyclic) bond motifs is 1. The number of nitrogens with zero attached hydrogens (tertiary/aromatic N) is 2. The molecule has 0 spiro atoms. The largest absolute Gasteiger partial charge is 0.441 e. The van der Waals surface area contributed by atoms with Crippen LogP contribution in [-0.2, 0) is 4.79 Å². The smallest absolute Gasteiger partial charge is 0.408 e. The zero-order valence-electron chi connectivity index (χ0n) is 16.0. The predicted octanol–water partition coefficient (Wildman–Crippen LogP) is 3.25. The highest BCUT2D eigenvalue weighted by molar-refractivity contribution is 5.91. The minimum atomic E-state index is -0.863. The van der Waals surface area contributed by atoms with Gasteiger partial charge in [-0.25, -0.2) is 9.18 Å². The Morgan fingerprint density at radius 1 is 1.34 bits per heavy atom. The lowest BCUT2D eigenvalue weighted by molar-refractivity contribution is -0.122. The molecule has 1 aromatic heterocycles. The molecule has 2 fully saturated rings. The van der Waals surface area contributed by atoms with Gasteiger partial charge in [0.25, 0.3) is 0 Å². The first-order chi connectivity index (χ1) is 14.0. The van der Waals surface area contributed by atoms with Gasteiger partial charge in [-0.2, -0.15) is 10.2 Å². The molecule has 29 heavy (non-hydrogen) atoms. The van der Waals surface area contributed by atoms with Crippen LogP contribution in [0.15, 0.2) is 27.4 Å². The van der Waals surface area contributed by atoms with Crippen molar-refractivity contribution in [2.75, 3.05) is 5.32 Å². The minimum Gasteiger partial charge on any atom is -0.408 e. The maximum absolute atomic E-state index is 13.5. The standard InChI is InChI=1S/C21H23FN4O3/c22-14-6-7-15-17(11-14)29-20(28)25-18(15)24-16(10-13-4-2-1-3-5-13)19(27)26-21(12-23)8-9-21/h6-7,11,13,16H,1-5,8-10H2,(H,26,27)(H,24,25,28)/t16-/m0/s1. The molecule has 1 aromatic carbocycles. The predicted molar refractivity (Wildman–Crippen MR) is 105 cm³/mol. The molecule has 2 aliphatic carbocycles. The van der Waals surface area contributed by atoms with Crippen LogP contribution in [0.25, 0.3) is 11.0 Å². The van der Waals surface area contributed by atoms with Crippen molar-refractivity contribution in [3.63, 3.8) is 0 Å². The second-order valence-corrected chi connectivity index (χ2v) is 8.09. The Hall–Kier alpha value is -2.95. The molecule has 152 valence electrons. The summed E-state index contributed by atoms with van der Waals surface area (Å²) in [7, 11) is 0. The number of aromatic nitrogens is 1. The summed E-state index contributed by atoms with van der Waals surface area (Å²) in [6, 6.07) is 5.36. The number of hydrogen-bond acceptors (Lipinski definition) is 6. The van der Waals surface area contributed by atoms with Crippen LogP contribution < -0.4 is 16.4 Å². The fourth-order valence-corrected chi connectivity index (χ4v) is 4.02. The fourth-order valence-electron chi connectivity index (χ4n) is 4.02. The Kier molecular flexibility index (Phi) is 5.22. The van der Waals surface area contributed by atoms with Gasteiger partial charge in [-0.05, 0) is 37.3 Å². The summed E-state index contributed by atoms with van der Waals surface area (Å²) in [6.45, 7) is 0. The molecule has 8 heteroatoms. The van der Waals surface area contributed by atoms with E-state index in [1.807, 2.05) is 0 Å². The van der Waals surface area contributed by atoms with Crippen molar-refractivity contribution >= 4 is 22.7 Å². The van der Waals surface area contributed by atoms with Crippen LogP contribution in [0, 0.1) is 23.1 Å². The third-order valence-corrected chi connectivity index (χ3v) is 5.85. The first-order valence-corrected chi connectivity index (χ1v) is 10.1. The van der Waals surface area contributed by atoms with E-state index in [9.17, 15) is 19.2 Å². The van der Waals surface area contributed by atoms with E-state index in [2.05, 4.69) is 21.7 Å². The number of nitriles is 1. The molecular weight excluding hydrogens is 375 g/mol. The molecule has 4 rings (SSSR count). The van der Waals surface area contributed by atoms with Gasteiger partial charge in [-0.3, -0.25) is 4.79 Å². The van der Waals surface area contributed by atoms with Crippen LogP contribution >= 0.6 is 0 Å². The SMILES string of the molecule is N#CC1(NC(=O)[C@H](CC2CCCCC2)Nc2nc(=O)oc3cc(F)ccc23)CC1. The van der Waals surface area contributed by atoms with Crippen molar-refractivity contribution in [3.8, 4) is 6.07 Å². The topological polar surface area (TPSA) is 108 Å². The van der Waals surface area contributed by atoms with Crippen molar-refractivity contribution < 1.29 is 13.6 Å². The highest BCUT2D eigenvalue weighted by Crippen LogP contribution is 2.35. The van der Waals surface area contributed by atoms with Crippen molar-refractivity contribution in [1.29, 1.82) is 5.26 Å². The lowest BCUT2D eigenvalue weighted by atomic mass is 9.84. The van der Waals surface area contributed by atoms with Gasteiger partial charge in [-0.15, -0.1) is 0 Å². The monoisotopic (exact) mass is 398 g/mol. The van der Waals surface area contributed by atoms with Crippen molar-refractivity contribution in [3.05, 3.63) is 34.6 Å². The van der Waals surface area contributed by atoms with E-state index in [4.69, 9.17) is 4.42 Å². The molecule has 2 saturated carbocycles. The van der Waals surface area contributed by atoms with Gasteiger partial charge in [0.2, 0.25) is 5.91 Å². The summed E-state index contributed by atoms with van der Waals surface area (Å²) >= 11 is 0. The van der Waals surface area contributed by atoms with Gasteiger partial charge >= 0.3 is 5.76 Å². The zero-order valence-corrected chi connectivity index (χ0v) is 16.0. The minimum absolute atomic E-state index is 0.0695. The van der Waals surface area contributed by atoms with E-state index in [1.54, 1.807) is 0 Å². The summed E-state index contributed by atoms with van der Waals surface area (Å²) in [5, 5.41) is 15.7. The van der Waals surface area contributed by atoms with Gasteiger partial charge in [0.15, 0.2) is 0 Å². The molecule has 0 bridgehead atoms. The molecule has 2 aromatic rings. The lowest BCUT2D eigenvalue weighted by Gasteiger charge is -2.27. The number of carbonyl (C=O) groups excluding carboxylic acids is 1. The Labute approximate surface area is 167 Å². The fraction of sp³-hybridized carbons (Fsp3) is 0.524. The van der Waals surface area contributed by atoms with Crippen molar-refractivity contribution in [1.82, 2.24) is 10.3 Å². The molecule has 1 amide bonds. The summed E-state index contributed by atoms with van der Waals surface area (Å²) in [4.78, 5) is 28.7. The number of nitrogens with one attached hydrogen (secondary N) is 2. The van der Waals surface area contributed by atoms with Crippen LogP contribution in [0.4, 0.5) is 10.2 Å². The van der Waals surface area contributed by atoms with E-state index < -0.39 is 23.2 Å². The van der Waals surface area contributed by atoms with Crippen LogP contribution in [-0.4, -0.2) is 22.5 Å². The number of halogens is 1. The summed E-state index contributed by atoms with van der Waals surface area (Å²) in [5.41, 5.74) is -0.710. The molecule has 0 radical (unpaired) electrons. The number of benzene rings is 1. The van der Waals surface area contributed by atoms with Crippen LogP contribution in [0.1, 0.15) is 51.4 Å². The molecule has 1 heterocycles. The summed E-state index contributed by atoms with van der Waals surface area (Å²) < 4.78 is 18.5. The quantitative estimate of drug-likeness (QED) is 0.773. The number of anilines is 1. The van der Waals surface area contributed by atoms with Gasteiger partial charge in [0, 0.05) is 6.07 Å². The van der Waals surface area contributed by atoms with E-state index in [0.717, 1.165) is 31.7 Å². The van der Waals surface area contributed by atoms with Crippen LogP contribution in [0.2, 0.25) is 0 Å². The van der Waals surface area contributed by atoms with Crippen molar-refractivity contribution in [2.24, 2.45) is 5.92 Å². The highest BCUT2D eigenvalue weighted by Gasteiger charge is 2.45. The maximum atomic E-state index is 13.5. The Balaban J connectivity index is 1.62. The van der Waals surface area contributed by atoms with Gasteiger partial charge < -0.3 is 15.1 Å². The Morgan fingerprint density at radius 3 is 2.79 bits per heavy atom. The van der Waals surface area contributed by atoms with E-state index in [0.29, 0.717) is 30.6 Å². The second-order valence-electron chi connectivity index (χ2n) is 8.09. The van der Waals surface area contributed by atoms with Gasteiger partial charge in [0.1, 0.15) is 28.8 Å². The van der Waals surface area contributed by atoms with Crippen LogP contribution in [0.5, 0.6) is 0 Å². The molecular formula is C21H23FN4O3. The molecule has 0 saturated heterocycles. The van der Waals surface area contributed by atoms with Crippen LogP contribution in [0.3, 0.4) is 0 Å². The normalized spacial score (nSPS) is 19.3. The first kappa shape index (κ1) is 19.4. The second kappa shape index (κ2) is 7.82. The average molecular weight is 398 g/mol. The molecule has 2 N–H and O–H groups in total. The third-order valence-electron chi connectivity index (χ3n) is 5.85. The number of amides is 1. The van der Waals surface area contributed by atoms with E-state index in [1.165, 1.54) is 18.6 Å². The molecule has 7 nitrogen and oxygen atoms in total. The zero-order chi connectivity index (χ0) is 20.4. The lowest BCUT2D eigenvalue weighted by Crippen LogP contribution is -2.46. The summed E-state index contributed by atoms with van der Waals surface area (Å²) in [5.74, 6) is -1.10. The van der Waals surface area contributed by atoms with E-state index in [-0.39, 0.29) is 17.3 Å². The average Bonchev–Trinajstić information content (AvgIpc) is 3.47. The molecule has 1 atom stereocenters. The third kappa shape index (κ3) is 4.39. The maximum Gasteiger partial charge on any atom is 0.441 e. The highest BCUT2D eigenvalue weighted by atomic mass is 19.1. The number of rotatable bonds is 6. The van der Waals surface area contributed by atoms with Gasteiger partial charge in [-0.1, -0.05) is 32.1 Å². The number of carbonyl (C=O) groups is 1. The molecule has 0 aliphatic heterocycles. The first-order valence-electron chi connectivity index (χ1n) is 10.1. The van der Waals surface area contributed by atoms with E-state index >= 15 is 0 Å². The van der Waals surface area contributed by atoms with Gasteiger partial charge in [0.05, 0.1) is 11.5 Å². The Bertz CT molecular complexity index is 1020. The van der Waals surface area contributed by atoms with Crippen molar-refractivity contribution in [2.45, 2.75) is 62.9 Å². The molecule has 0 unspecified atom stereocenters. The Morgan fingerprint density at radius 2 is 2.10 bits per heavy atom. The number of hydrogen-bond donors (Lipinski definition) is 2. The summed E-state index contributed by atoms with van der Waals surface area (Å²) in [6.07, 6.45) is 7.43. The molecule has 2 aliphatic rings.